The summed E-state index contributed by atoms with van der Waals surface area (Å²) in [6.07, 6.45) is 0. The van der Waals surface area contributed by atoms with Gasteiger partial charge in [-0.3, -0.25) is 4.55 Å². The standard InChI is InChI=1S/C14H17ClN4O6S2/c1-3-19(14-17-10(2)16-13(15)18-14)11-5-4-6-12(9-11)26(20,21)8-7-25-27(22,23)24/h4-6,9H,3,7-8H2,1-2H3,(H,22,23,24). The van der Waals surface area contributed by atoms with Crippen molar-refractivity contribution in [2.45, 2.75) is 18.7 Å². The summed E-state index contributed by atoms with van der Waals surface area (Å²) in [5, 5.41) is 0.0158. The zero-order valence-corrected chi connectivity index (χ0v) is 16.8. The minimum absolute atomic E-state index is 0.0158. The predicted octanol–water partition coefficient (Wildman–Crippen LogP) is 1.58. The van der Waals surface area contributed by atoms with Crippen molar-refractivity contribution in [3.05, 3.63) is 35.4 Å². The normalized spacial score (nSPS) is 12.1. The molecule has 1 heterocycles. The van der Waals surface area contributed by atoms with E-state index in [2.05, 4.69) is 19.1 Å². The summed E-state index contributed by atoms with van der Waals surface area (Å²) in [4.78, 5) is 13.8. The Morgan fingerprint density at radius 3 is 2.48 bits per heavy atom. The molecule has 0 aliphatic rings. The fourth-order valence-corrected chi connectivity index (χ4v) is 3.93. The van der Waals surface area contributed by atoms with Gasteiger partial charge in [0.25, 0.3) is 0 Å². The number of aryl methyl sites for hydroxylation is 1. The Bertz CT molecular complexity index is 1010. The highest BCUT2D eigenvalue weighted by atomic mass is 35.5. The first-order valence-electron chi connectivity index (χ1n) is 7.62. The van der Waals surface area contributed by atoms with E-state index in [0.717, 1.165) is 0 Å². The van der Waals surface area contributed by atoms with Crippen LogP contribution in [0.3, 0.4) is 0 Å². The summed E-state index contributed by atoms with van der Waals surface area (Å²) in [5.41, 5.74) is 0.496. The van der Waals surface area contributed by atoms with Gasteiger partial charge in [-0.2, -0.15) is 18.4 Å². The number of aromatic nitrogens is 3. The molecule has 0 fully saturated rings. The maximum atomic E-state index is 12.4. The molecule has 0 atom stereocenters. The molecule has 0 aliphatic carbocycles. The Balaban J connectivity index is 2.32. The smallest absolute Gasteiger partial charge is 0.311 e. The van der Waals surface area contributed by atoms with Gasteiger partial charge in [0, 0.05) is 12.2 Å². The van der Waals surface area contributed by atoms with Crippen molar-refractivity contribution < 1.29 is 25.6 Å². The number of rotatable bonds is 8. The van der Waals surface area contributed by atoms with E-state index in [0.29, 0.717) is 18.1 Å². The minimum atomic E-state index is -4.71. The van der Waals surface area contributed by atoms with Gasteiger partial charge in [-0.05, 0) is 43.6 Å². The highest BCUT2D eigenvalue weighted by Gasteiger charge is 2.19. The summed E-state index contributed by atoms with van der Waals surface area (Å²) in [6.45, 7) is 3.20. The van der Waals surface area contributed by atoms with Gasteiger partial charge < -0.3 is 4.90 Å². The van der Waals surface area contributed by atoms with Crippen molar-refractivity contribution >= 4 is 43.5 Å². The van der Waals surface area contributed by atoms with Crippen LogP contribution in [0.1, 0.15) is 12.7 Å². The van der Waals surface area contributed by atoms with E-state index in [9.17, 15) is 16.8 Å². The van der Waals surface area contributed by atoms with E-state index in [1.807, 2.05) is 6.92 Å². The van der Waals surface area contributed by atoms with Crippen molar-refractivity contribution in [1.29, 1.82) is 0 Å². The summed E-state index contributed by atoms with van der Waals surface area (Å²) in [5.74, 6) is 0.0489. The summed E-state index contributed by atoms with van der Waals surface area (Å²) >= 11 is 5.87. The average molecular weight is 437 g/mol. The van der Waals surface area contributed by atoms with Crippen LogP contribution in [0.15, 0.2) is 29.2 Å². The first-order chi connectivity index (χ1) is 12.5. The second kappa shape index (κ2) is 8.44. The lowest BCUT2D eigenvalue weighted by Gasteiger charge is -2.21. The lowest BCUT2D eigenvalue weighted by Crippen LogP contribution is -2.20. The first-order valence-corrected chi connectivity index (χ1v) is 11.0. The number of hydrogen-bond donors (Lipinski definition) is 1. The molecule has 1 aromatic carbocycles. The molecule has 0 bridgehead atoms. The Hall–Kier alpha value is -1.86. The van der Waals surface area contributed by atoms with Crippen LogP contribution in [0.2, 0.25) is 5.28 Å². The Kier molecular flexibility index (Phi) is 6.70. The van der Waals surface area contributed by atoms with E-state index >= 15 is 0 Å². The molecule has 2 aromatic rings. The zero-order valence-electron chi connectivity index (χ0n) is 14.4. The van der Waals surface area contributed by atoms with Gasteiger partial charge in [-0.25, -0.2) is 17.6 Å². The van der Waals surface area contributed by atoms with Gasteiger partial charge in [0.1, 0.15) is 5.82 Å². The van der Waals surface area contributed by atoms with Crippen LogP contribution >= 0.6 is 11.6 Å². The van der Waals surface area contributed by atoms with E-state index < -0.39 is 32.6 Å². The SMILES string of the molecule is CCN(c1cccc(S(=O)(=O)CCOS(=O)(=O)O)c1)c1nc(C)nc(Cl)n1. The fraction of sp³-hybridized carbons (Fsp3) is 0.357. The van der Waals surface area contributed by atoms with Gasteiger partial charge >= 0.3 is 10.4 Å². The Morgan fingerprint density at radius 2 is 1.89 bits per heavy atom. The van der Waals surface area contributed by atoms with Gasteiger partial charge in [-0.1, -0.05) is 6.07 Å². The number of sulfone groups is 1. The fourth-order valence-electron chi connectivity index (χ4n) is 2.21. The number of hydrogen-bond acceptors (Lipinski definition) is 9. The Morgan fingerprint density at radius 1 is 1.19 bits per heavy atom. The number of anilines is 2. The molecule has 13 heteroatoms. The number of nitrogens with zero attached hydrogens (tertiary/aromatic N) is 4. The van der Waals surface area contributed by atoms with Gasteiger partial charge in [0.15, 0.2) is 9.84 Å². The van der Waals surface area contributed by atoms with Crippen molar-refractivity contribution in [3.63, 3.8) is 0 Å². The van der Waals surface area contributed by atoms with E-state index in [4.69, 9.17) is 16.2 Å². The molecular formula is C14H17ClN4O6S2. The van der Waals surface area contributed by atoms with Gasteiger partial charge in [0.2, 0.25) is 11.2 Å². The monoisotopic (exact) mass is 436 g/mol. The van der Waals surface area contributed by atoms with Crippen LogP contribution in [0.5, 0.6) is 0 Å². The van der Waals surface area contributed by atoms with E-state index in [1.54, 1.807) is 17.9 Å². The second-order valence-corrected chi connectivity index (χ2v) is 8.80. The second-order valence-electron chi connectivity index (χ2n) is 5.26. The van der Waals surface area contributed by atoms with Gasteiger partial charge in [-0.15, -0.1) is 0 Å². The third-order valence-electron chi connectivity index (χ3n) is 3.34. The van der Waals surface area contributed by atoms with Gasteiger partial charge in [0.05, 0.1) is 17.3 Å². The lowest BCUT2D eigenvalue weighted by atomic mass is 10.3. The van der Waals surface area contributed by atoms with E-state index in [1.165, 1.54) is 18.2 Å². The molecule has 0 radical (unpaired) electrons. The lowest BCUT2D eigenvalue weighted by molar-refractivity contribution is 0.284. The molecule has 10 nitrogen and oxygen atoms in total. The largest absolute Gasteiger partial charge is 0.397 e. The van der Waals surface area contributed by atoms with Crippen molar-refractivity contribution in [2.24, 2.45) is 0 Å². The minimum Gasteiger partial charge on any atom is -0.311 e. The quantitative estimate of drug-likeness (QED) is 0.606. The molecule has 0 aliphatic heterocycles. The maximum Gasteiger partial charge on any atom is 0.397 e. The topological polar surface area (TPSA) is 140 Å². The van der Waals surface area contributed by atoms with Crippen molar-refractivity contribution in [2.75, 3.05) is 23.8 Å². The average Bonchev–Trinajstić information content (AvgIpc) is 2.53. The molecule has 0 saturated carbocycles. The molecule has 1 aromatic heterocycles. The summed E-state index contributed by atoms with van der Waals surface area (Å²) < 4.78 is 58.5. The number of benzene rings is 1. The molecule has 1 N–H and O–H groups in total. The third-order valence-corrected chi connectivity index (χ3v) is 5.65. The highest BCUT2D eigenvalue weighted by molar-refractivity contribution is 7.91. The summed E-state index contributed by atoms with van der Waals surface area (Å²) in [7, 11) is -8.56. The third kappa shape index (κ3) is 6.07. The predicted molar refractivity (Wildman–Crippen MR) is 98.2 cm³/mol. The molecule has 2 rings (SSSR count). The van der Waals surface area contributed by atoms with Crippen LogP contribution in [0.4, 0.5) is 11.6 Å². The molecule has 27 heavy (non-hydrogen) atoms. The van der Waals surface area contributed by atoms with Crippen molar-refractivity contribution in [3.8, 4) is 0 Å². The van der Waals surface area contributed by atoms with Crippen molar-refractivity contribution in [1.82, 2.24) is 15.0 Å². The highest BCUT2D eigenvalue weighted by Crippen LogP contribution is 2.25. The molecular weight excluding hydrogens is 420 g/mol. The van der Waals surface area contributed by atoms with E-state index in [-0.39, 0.29) is 16.1 Å². The summed E-state index contributed by atoms with van der Waals surface area (Å²) in [6, 6.07) is 5.97. The van der Waals surface area contributed by atoms with Crippen LogP contribution in [-0.2, 0) is 24.4 Å². The van der Waals surface area contributed by atoms with Crippen LogP contribution in [-0.4, -0.2) is 55.2 Å². The molecule has 148 valence electrons. The zero-order chi connectivity index (χ0) is 20.2. The number of halogens is 1. The van der Waals surface area contributed by atoms with Crippen LogP contribution in [0.25, 0.3) is 0 Å². The first kappa shape index (κ1) is 21.4. The molecule has 0 spiro atoms. The molecule has 0 unspecified atom stereocenters. The molecule has 0 saturated heterocycles. The Labute approximate surface area is 162 Å². The van der Waals surface area contributed by atoms with Crippen LogP contribution < -0.4 is 4.90 Å². The maximum absolute atomic E-state index is 12.4. The molecule has 0 amide bonds. The van der Waals surface area contributed by atoms with Crippen LogP contribution in [0, 0.1) is 6.92 Å².